The Hall–Kier alpha value is -1.10. The number of amides is 2. The quantitative estimate of drug-likeness (QED) is 0.788. The van der Waals surface area contributed by atoms with Crippen LogP contribution in [-0.4, -0.2) is 71.8 Å². The molecule has 0 aromatic rings. The molecule has 4 aliphatic rings. The Kier molecular flexibility index (Phi) is 4.10. The third-order valence-electron chi connectivity index (χ3n) is 6.95. The van der Waals surface area contributed by atoms with Crippen molar-refractivity contribution in [1.29, 1.82) is 0 Å². The molecular formula is C19H31N3O2. The van der Waals surface area contributed by atoms with Crippen LogP contribution in [0.1, 0.15) is 46.0 Å². The van der Waals surface area contributed by atoms with Gasteiger partial charge in [0.2, 0.25) is 11.8 Å². The van der Waals surface area contributed by atoms with Gasteiger partial charge >= 0.3 is 0 Å². The molecule has 0 aromatic carbocycles. The highest BCUT2D eigenvalue weighted by molar-refractivity contribution is 5.87. The molecule has 1 aliphatic carbocycles. The summed E-state index contributed by atoms with van der Waals surface area (Å²) in [6, 6.07) is 0.467. The molecule has 4 fully saturated rings. The minimum Gasteiger partial charge on any atom is -0.342 e. The van der Waals surface area contributed by atoms with Crippen LogP contribution in [0.25, 0.3) is 0 Å². The second-order valence-electron chi connectivity index (χ2n) is 8.72. The van der Waals surface area contributed by atoms with Crippen LogP contribution in [0.4, 0.5) is 0 Å². The van der Waals surface area contributed by atoms with Crippen LogP contribution in [0, 0.1) is 17.3 Å². The highest BCUT2D eigenvalue weighted by Crippen LogP contribution is 2.46. The molecule has 3 aliphatic heterocycles. The maximum absolute atomic E-state index is 13.4. The van der Waals surface area contributed by atoms with E-state index < -0.39 is 0 Å². The van der Waals surface area contributed by atoms with Gasteiger partial charge in [0.15, 0.2) is 0 Å². The van der Waals surface area contributed by atoms with Crippen LogP contribution >= 0.6 is 0 Å². The van der Waals surface area contributed by atoms with Crippen LogP contribution < -0.4 is 0 Å². The molecule has 5 nitrogen and oxygen atoms in total. The molecule has 0 N–H and O–H groups in total. The van der Waals surface area contributed by atoms with Gasteiger partial charge in [-0.15, -0.1) is 0 Å². The Bertz CT molecular complexity index is 525. The third kappa shape index (κ3) is 2.47. The fourth-order valence-corrected chi connectivity index (χ4v) is 5.12. The van der Waals surface area contributed by atoms with Crippen molar-refractivity contribution in [3.8, 4) is 0 Å². The van der Waals surface area contributed by atoms with Crippen molar-refractivity contribution in [2.24, 2.45) is 17.3 Å². The summed E-state index contributed by atoms with van der Waals surface area (Å²) in [5.74, 6) is 1.21. The van der Waals surface area contributed by atoms with Gasteiger partial charge in [0, 0.05) is 57.1 Å². The van der Waals surface area contributed by atoms with Gasteiger partial charge in [-0.2, -0.15) is 0 Å². The summed E-state index contributed by atoms with van der Waals surface area (Å²) in [6.07, 6.45) is 5.54. The predicted octanol–water partition coefficient (Wildman–Crippen LogP) is 1.58. The van der Waals surface area contributed by atoms with Gasteiger partial charge < -0.3 is 9.80 Å². The smallest absolute Gasteiger partial charge is 0.232 e. The molecule has 0 bridgehead atoms. The summed E-state index contributed by atoms with van der Waals surface area (Å²) in [5, 5.41) is 0. The standard InChI is InChI=1S/C19H31N3O2/c1-14(2)21-10-16-11-22(17(23)15-6-5-7-15)13-19(16,12-21)18(24)20-8-3-4-9-20/h14-16H,3-13H2,1-2H3/t16-,19-/m0/s1. The molecule has 0 radical (unpaired) electrons. The predicted molar refractivity (Wildman–Crippen MR) is 92.4 cm³/mol. The van der Waals surface area contributed by atoms with E-state index in [9.17, 15) is 9.59 Å². The lowest BCUT2D eigenvalue weighted by atomic mass is 9.79. The highest BCUT2D eigenvalue weighted by Gasteiger charge is 2.59. The topological polar surface area (TPSA) is 43.9 Å². The third-order valence-corrected chi connectivity index (χ3v) is 6.95. The molecule has 0 aromatic heterocycles. The van der Waals surface area contributed by atoms with E-state index in [1.54, 1.807) is 0 Å². The van der Waals surface area contributed by atoms with E-state index in [4.69, 9.17) is 0 Å². The Balaban J connectivity index is 1.56. The summed E-state index contributed by atoms with van der Waals surface area (Å²) >= 11 is 0. The van der Waals surface area contributed by atoms with Gasteiger partial charge in [-0.3, -0.25) is 14.5 Å². The average Bonchev–Trinajstić information content (AvgIpc) is 3.18. The molecule has 24 heavy (non-hydrogen) atoms. The fraction of sp³-hybridized carbons (Fsp3) is 0.895. The SMILES string of the molecule is CC(C)N1C[C@H]2CN(C(=O)C3CCC3)C[C@@]2(C(=O)N2CCCC2)C1. The second-order valence-corrected chi connectivity index (χ2v) is 8.72. The van der Waals surface area contributed by atoms with Gasteiger partial charge in [-0.1, -0.05) is 6.42 Å². The number of hydrogen-bond acceptors (Lipinski definition) is 3. The molecule has 2 atom stereocenters. The molecule has 2 amide bonds. The lowest BCUT2D eigenvalue weighted by Crippen LogP contribution is -2.50. The maximum atomic E-state index is 13.4. The van der Waals surface area contributed by atoms with E-state index in [0.717, 1.165) is 58.4 Å². The monoisotopic (exact) mass is 333 g/mol. The number of nitrogens with zero attached hydrogens (tertiary/aromatic N) is 3. The minimum absolute atomic E-state index is 0.240. The van der Waals surface area contributed by atoms with Crippen molar-refractivity contribution < 1.29 is 9.59 Å². The number of carbonyl (C=O) groups excluding carboxylic acids is 2. The molecule has 0 spiro atoms. The maximum Gasteiger partial charge on any atom is 0.232 e. The molecular weight excluding hydrogens is 302 g/mol. The van der Waals surface area contributed by atoms with Crippen molar-refractivity contribution in [1.82, 2.24) is 14.7 Å². The highest BCUT2D eigenvalue weighted by atomic mass is 16.2. The van der Waals surface area contributed by atoms with Gasteiger partial charge in [-0.25, -0.2) is 0 Å². The zero-order chi connectivity index (χ0) is 16.9. The Labute approximate surface area is 145 Å². The van der Waals surface area contributed by atoms with Gasteiger partial charge in [0.1, 0.15) is 0 Å². The zero-order valence-electron chi connectivity index (χ0n) is 15.2. The van der Waals surface area contributed by atoms with Crippen LogP contribution in [0.2, 0.25) is 0 Å². The number of carbonyl (C=O) groups is 2. The first-order valence-corrected chi connectivity index (χ1v) is 9.83. The second kappa shape index (κ2) is 6.01. The first kappa shape index (κ1) is 16.4. The largest absolute Gasteiger partial charge is 0.342 e. The van der Waals surface area contributed by atoms with Gasteiger partial charge in [0.25, 0.3) is 0 Å². The van der Waals surface area contributed by atoms with E-state index in [2.05, 4.69) is 23.6 Å². The molecule has 3 heterocycles. The number of likely N-dealkylation sites (tertiary alicyclic amines) is 3. The van der Waals surface area contributed by atoms with Gasteiger partial charge in [-0.05, 0) is 39.5 Å². The van der Waals surface area contributed by atoms with Crippen molar-refractivity contribution in [2.45, 2.75) is 52.0 Å². The molecule has 134 valence electrons. The Morgan fingerprint density at radius 3 is 2.25 bits per heavy atom. The molecule has 1 saturated carbocycles. The van der Waals surface area contributed by atoms with E-state index in [0.29, 0.717) is 30.3 Å². The van der Waals surface area contributed by atoms with Gasteiger partial charge in [0.05, 0.1) is 5.41 Å². The summed E-state index contributed by atoms with van der Waals surface area (Å²) in [7, 11) is 0. The summed E-state index contributed by atoms with van der Waals surface area (Å²) in [6.45, 7) is 9.49. The van der Waals surface area contributed by atoms with Crippen LogP contribution in [0.15, 0.2) is 0 Å². The van der Waals surface area contributed by atoms with Crippen molar-refractivity contribution in [3.63, 3.8) is 0 Å². The molecule has 3 saturated heterocycles. The Morgan fingerprint density at radius 2 is 1.67 bits per heavy atom. The number of rotatable bonds is 3. The summed E-state index contributed by atoms with van der Waals surface area (Å²) in [5.41, 5.74) is -0.339. The van der Waals surface area contributed by atoms with Crippen molar-refractivity contribution in [3.05, 3.63) is 0 Å². The van der Waals surface area contributed by atoms with Crippen LogP contribution in [0.5, 0.6) is 0 Å². The first-order valence-electron chi connectivity index (χ1n) is 9.83. The van der Waals surface area contributed by atoms with E-state index in [1.165, 1.54) is 6.42 Å². The van der Waals surface area contributed by atoms with E-state index in [1.807, 2.05) is 4.90 Å². The summed E-state index contributed by atoms with van der Waals surface area (Å²) in [4.78, 5) is 32.7. The molecule has 4 rings (SSSR count). The summed E-state index contributed by atoms with van der Waals surface area (Å²) < 4.78 is 0. The lowest BCUT2D eigenvalue weighted by molar-refractivity contribution is -0.142. The van der Waals surface area contributed by atoms with E-state index in [-0.39, 0.29) is 11.3 Å². The number of hydrogen-bond donors (Lipinski definition) is 0. The fourth-order valence-electron chi connectivity index (χ4n) is 5.12. The lowest BCUT2D eigenvalue weighted by Gasteiger charge is -2.34. The van der Waals surface area contributed by atoms with Crippen molar-refractivity contribution >= 4 is 11.8 Å². The number of fused-ring (bicyclic) bond motifs is 1. The molecule has 0 unspecified atom stereocenters. The zero-order valence-corrected chi connectivity index (χ0v) is 15.2. The average molecular weight is 333 g/mol. The Morgan fingerprint density at radius 1 is 0.958 bits per heavy atom. The molecule has 5 heteroatoms. The van der Waals surface area contributed by atoms with Crippen LogP contribution in [-0.2, 0) is 9.59 Å². The van der Waals surface area contributed by atoms with E-state index >= 15 is 0 Å². The first-order chi connectivity index (χ1) is 11.5. The van der Waals surface area contributed by atoms with Crippen LogP contribution in [0.3, 0.4) is 0 Å². The van der Waals surface area contributed by atoms with Crippen molar-refractivity contribution in [2.75, 3.05) is 39.3 Å². The normalized spacial score (nSPS) is 34.0. The minimum atomic E-state index is -0.339.